The Morgan fingerprint density at radius 1 is 0.227 bits per heavy atom. The van der Waals surface area contributed by atoms with Crippen LogP contribution >= 0.6 is 34.4 Å². The van der Waals surface area contributed by atoms with Gasteiger partial charge in [0.25, 0.3) is 0 Å². The van der Waals surface area contributed by atoms with Gasteiger partial charge in [0.15, 0.2) is 23.0 Å². The zero-order chi connectivity index (χ0) is 92.4. The molecule has 31 rings (SSSR count). The van der Waals surface area contributed by atoms with Crippen LogP contribution in [0, 0.1) is 0 Å². The van der Waals surface area contributed by atoms with Gasteiger partial charge < -0.3 is 18.8 Å². The topological polar surface area (TPSA) is 80.0 Å². The number of thiophene rings is 2. The molecule has 0 N–H and O–H groups in total. The maximum Gasteiger partial charge on any atom is 0.151 e. The minimum atomic E-state index is 0.815. The van der Waals surface area contributed by atoms with Gasteiger partial charge in [0.2, 0.25) is 0 Å². The minimum absolute atomic E-state index is 0.815. The van der Waals surface area contributed by atoms with Crippen molar-refractivity contribution in [3.8, 4) is 67.8 Å². The van der Waals surface area contributed by atoms with E-state index in [1.165, 1.54) is 121 Å². The lowest BCUT2D eigenvalue weighted by Crippen LogP contribution is -2.17. The molecule has 9 nitrogen and oxygen atoms in total. The maximum atomic E-state index is 6.63. The number of furan rings is 1. The number of hydrogen-bond acceptors (Lipinski definition) is 12. The van der Waals surface area contributed by atoms with Crippen LogP contribution in [0.3, 0.4) is 0 Å². The van der Waals surface area contributed by atoms with E-state index in [1.807, 2.05) is 83.0 Å². The predicted molar refractivity (Wildman–Crippen MR) is 593 cm³/mol. The highest BCUT2D eigenvalue weighted by Gasteiger charge is 2.33. The molecule has 0 bridgehead atoms. The molecular weight excluding hydrogens is 1780 g/mol. The lowest BCUT2D eigenvalue weighted by atomic mass is 9.94. The highest BCUT2D eigenvalue weighted by molar-refractivity contribution is 7.99. The van der Waals surface area contributed by atoms with Gasteiger partial charge in [-0.15, -0.1) is 22.7 Å². The third-order valence-corrected chi connectivity index (χ3v) is 31.8. The fourth-order valence-corrected chi connectivity index (χ4v) is 25.4. The first kappa shape index (κ1) is 80.5. The number of aromatic nitrogens is 3. The second-order valence-corrected chi connectivity index (χ2v) is 39.4. The van der Waals surface area contributed by atoms with Crippen molar-refractivity contribution in [3.63, 3.8) is 0 Å². The monoisotopic (exact) mass is 1850 g/mol. The van der Waals surface area contributed by atoms with E-state index in [1.54, 1.807) is 0 Å². The van der Waals surface area contributed by atoms with Crippen molar-refractivity contribution in [3.05, 3.63) is 461 Å². The number of fused-ring (bicyclic) bond motifs is 30. The second-order valence-electron chi connectivity index (χ2n) is 36.2. The molecular formula is C129H76N6O3S3. The average Bonchev–Trinajstić information content (AvgIpc) is 1.63. The molecule has 12 heteroatoms. The molecule has 0 spiro atoms. The van der Waals surface area contributed by atoms with Crippen molar-refractivity contribution in [2.75, 3.05) is 14.7 Å². The Bertz CT molecular complexity index is 9630. The van der Waals surface area contributed by atoms with Crippen molar-refractivity contribution < 1.29 is 13.9 Å². The van der Waals surface area contributed by atoms with Gasteiger partial charge in [0.1, 0.15) is 22.8 Å². The molecule has 141 heavy (non-hydrogen) atoms. The number of hydrogen-bond donors (Lipinski definition) is 0. The second kappa shape index (κ2) is 32.5. The summed E-state index contributed by atoms with van der Waals surface area (Å²) in [6.45, 7) is 0. The Balaban J connectivity index is 0.000000102. The SMILES string of the molecule is c1ccc2c(c1)Oc1ccccc1N2c1cc(-c2cccc3ccccc23)c2ccc3sc4c5ccccc5ccc4c3c2n1.c1ccc2c(c1)Oc1ccccc1N2c1ccc(-c2cc3c(ccc4sc5c6ccccc6ccc5c43)c(-c3ccc4ccccc4c3)n2)cc1.c1ccc2c(c1)Sc1ccccc1N2c1cc(-c2cccc3ccccc23)c2ccc3oc4c5ccccc5ccc4c3c2n1. The van der Waals surface area contributed by atoms with Crippen LogP contribution in [0.4, 0.5) is 51.4 Å². The van der Waals surface area contributed by atoms with E-state index in [0.717, 1.165) is 168 Å². The number of pyridine rings is 3. The van der Waals surface area contributed by atoms with Gasteiger partial charge in [0.05, 0.1) is 61.9 Å². The van der Waals surface area contributed by atoms with Crippen LogP contribution in [0.5, 0.6) is 23.0 Å². The minimum Gasteiger partial charge on any atom is -0.455 e. The molecule has 0 unspecified atom stereocenters. The molecule has 0 saturated carbocycles. The molecule has 0 amide bonds. The number of para-hydroxylation sites is 10. The molecule has 22 aromatic carbocycles. The van der Waals surface area contributed by atoms with Gasteiger partial charge in [-0.1, -0.05) is 333 Å². The number of rotatable bonds is 7. The third-order valence-electron chi connectivity index (χ3n) is 28.3. The summed E-state index contributed by atoms with van der Waals surface area (Å²) in [5.74, 6) is 5.06. The van der Waals surface area contributed by atoms with E-state index in [9.17, 15) is 0 Å². The summed E-state index contributed by atoms with van der Waals surface area (Å²) in [5.41, 5.74) is 19.8. The summed E-state index contributed by atoms with van der Waals surface area (Å²) >= 11 is 5.55. The molecule has 28 aromatic rings. The Labute approximate surface area is 821 Å². The highest BCUT2D eigenvalue weighted by Crippen LogP contribution is 2.58. The molecule has 0 atom stereocenters. The Morgan fingerprint density at radius 3 is 1.18 bits per heavy atom. The lowest BCUT2D eigenvalue weighted by molar-refractivity contribution is 0.476. The van der Waals surface area contributed by atoms with Crippen molar-refractivity contribution >= 4 is 245 Å². The van der Waals surface area contributed by atoms with Crippen molar-refractivity contribution in [1.29, 1.82) is 0 Å². The van der Waals surface area contributed by atoms with Gasteiger partial charge in [0, 0.05) is 93.9 Å². The molecule has 0 saturated heterocycles. The van der Waals surface area contributed by atoms with Gasteiger partial charge in [-0.2, -0.15) is 0 Å². The summed E-state index contributed by atoms with van der Waals surface area (Å²) in [4.78, 5) is 25.9. The largest absolute Gasteiger partial charge is 0.455 e. The number of ether oxygens (including phenoxy) is 2. The molecule has 0 aliphatic carbocycles. The van der Waals surface area contributed by atoms with Crippen LogP contribution in [0.2, 0.25) is 0 Å². The summed E-state index contributed by atoms with van der Waals surface area (Å²) in [5, 5.41) is 26.5. The van der Waals surface area contributed by atoms with Crippen LogP contribution < -0.4 is 24.2 Å². The van der Waals surface area contributed by atoms with Crippen molar-refractivity contribution in [1.82, 2.24) is 15.0 Å². The third kappa shape index (κ3) is 13.1. The van der Waals surface area contributed by atoms with E-state index in [-0.39, 0.29) is 0 Å². The first-order valence-electron chi connectivity index (χ1n) is 47.5. The Kier molecular flexibility index (Phi) is 18.5. The average molecular weight is 1850 g/mol. The van der Waals surface area contributed by atoms with Gasteiger partial charge >= 0.3 is 0 Å². The normalized spacial score (nSPS) is 12.6. The zero-order valence-electron chi connectivity index (χ0n) is 75.5. The van der Waals surface area contributed by atoms with E-state index in [2.05, 4.69) is 427 Å². The molecule has 6 aromatic heterocycles. The predicted octanol–water partition coefficient (Wildman–Crippen LogP) is 38.0. The molecule has 0 fully saturated rings. The fourth-order valence-electron chi connectivity index (χ4n) is 21.8. The van der Waals surface area contributed by atoms with Gasteiger partial charge in [-0.05, 0) is 226 Å². The van der Waals surface area contributed by atoms with E-state index < -0.39 is 0 Å². The van der Waals surface area contributed by atoms with Crippen LogP contribution in [-0.2, 0) is 0 Å². The van der Waals surface area contributed by atoms with Crippen LogP contribution in [0.15, 0.2) is 475 Å². The lowest BCUT2D eigenvalue weighted by Gasteiger charge is -2.32. The number of nitrogens with zero attached hydrogens (tertiary/aromatic N) is 6. The summed E-state index contributed by atoms with van der Waals surface area (Å²) in [7, 11) is 0. The molecule has 658 valence electrons. The van der Waals surface area contributed by atoms with E-state index in [0.29, 0.717) is 0 Å². The van der Waals surface area contributed by atoms with Crippen molar-refractivity contribution in [2.45, 2.75) is 9.79 Å². The first-order chi connectivity index (χ1) is 69.9. The summed E-state index contributed by atoms with van der Waals surface area (Å²) in [6.07, 6.45) is 0. The smallest absolute Gasteiger partial charge is 0.151 e. The molecule has 0 radical (unpaired) electrons. The van der Waals surface area contributed by atoms with Gasteiger partial charge in [-0.3, -0.25) is 9.80 Å². The van der Waals surface area contributed by atoms with Crippen molar-refractivity contribution in [2.24, 2.45) is 0 Å². The van der Waals surface area contributed by atoms with Crippen LogP contribution in [0.25, 0.3) is 204 Å². The number of anilines is 9. The Hall–Kier alpha value is -17.8. The number of benzene rings is 22. The zero-order valence-corrected chi connectivity index (χ0v) is 78.0. The standard InChI is InChI=1S/C47H28N2OS.2C41H24N2OS/c1-2-11-32-27-33(18-17-29(32)9-1)46-36-25-26-44-45(37-24-21-30-10-3-4-12-35(30)47(37)51-44)38(36)28-39(48-46)31-19-22-34(23-20-31)49-40-13-5-7-15-42(40)50-43-16-8-6-14-41(43)49;1-3-13-27-25(10-1)12-9-15-29(27)32-24-38(43-33-16-5-7-18-36(33)45-37-19-8-6-17-34(37)43)42-40-30(32)22-23-35-39(40)31-21-20-26-11-2-4-14-28(26)41(31)44-35;1-3-13-27-25(10-1)12-9-15-29(27)32-24-38(43-33-16-5-7-18-35(33)44-36-19-8-6-17-34(36)43)42-40-30(32)22-23-37-39(40)31-21-20-26-11-2-4-14-28(26)41(31)45-37/h1-28H;2*1-24H. The Morgan fingerprint density at radius 2 is 0.624 bits per heavy atom. The summed E-state index contributed by atoms with van der Waals surface area (Å²) < 4.78 is 24.4. The fraction of sp³-hybridized carbons (Fsp3) is 0. The molecule has 3 aliphatic rings. The van der Waals surface area contributed by atoms with Crippen LogP contribution in [0.1, 0.15) is 0 Å². The highest BCUT2D eigenvalue weighted by atomic mass is 32.2. The van der Waals surface area contributed by atoms with Gasteiger partial charge in [-0.25, -0.2) is 15.0 Å². The molecule has 3 aliphatic heterocycles. The quantitative estimate of drug-likeness (QED) is 0.154. The van der Waals surface area contributed by atoms with E-state index >= 15 is 0 Å². The maximum absolute atomic E-state index is 6.63. The van der Waals surface area contributed by atoms with Crippen LogP contribution in [-0.4, -0.2) is 15.0 Å². The molecule has 9 heterocycles. The summed E-state index contributed by atoms with van der Waals surface area (Å²) in [6, 6.07) is 164. The van der Waals surface area contributed by atoms with E-state index in [4.69, 9.17) is 28.8 Å². The first-order valence-corrected chi connectivity index (χ1v) is 49.9.